The van der Waals surface area contributed by atoms with Crippen LogP contribution in [0.2, 0.25) is 0 Å². The lowest BCUT2D eigenvalue weighted by molar-refractivity contribution is -0.119. The molecule has 1 aromatic carbocycles. The summed E-state index contributed by atoms with van der Waals surface area (Å²) in [7, 11) is 0. The predicted octanol–water partition coefficient (Wildman–Crippen LogP) is 1.40. The molecule has 1 fully saturated rings. The molecule has 0 atom stereocenters. The van der Waals surface area contributed by atoms with Crippen LogP contribution in [-0.4, -0.2) is 30.4 Å². The van der Waals surface area contributed by atoms with E-state index in [1.807, 2.05) is 12.1 Å². The topological polar surface area (TPSA) is 72.4 Å². The van der Waals surface area contributed by atoms with E-state index in [-0.39, 0.29) is 5.91 Å². The van der Waals surface area contributed by atoms with Gasteiger partial charge in [0.05, 0.1) is 0 Å². The van der Waals surface area contributed by atoms with Gasteiger partial charge in [-0.3, -0.25) is 4.79 Å². The standard InChI is InChI=1S/C15H23N3O/c16-14-3-1-12(2-4-14)5-8-18-9-6-13(7-10-18)11-15(17)19/h1-4,13H,5-11,16H2,(H2,17,19). The molecule has 4 heteroatoms. The Kier molecular flexibility index (Phi) is 4.80. The first-order valence-corrected chi connectivity index (χ1v) is 6.98. The Bertz CT molecular complexity index is 408. The highest BCUT2D eigenvalue weighted by molar-refractivity contribution is 5.73. The van der Waals surface area contributed by atoms with Gasteiger partial charge in [-0.15, -0.1) is 0 Å². The number of piperidine rings is 1. The van der Waals surface area contributed by atoms with Crippen LogP contribution in [0.5, 0.6) is 0 Å². The third-order valence-electron chi connectivity index (χ3n) is 3.89. The van der Waals surface area contributed by atoms with Gasteiger partial charge < -0.3 is 16.4 Å². The van der Waals surface area contributed by atoms with E-state index in [9.17, 15) is 4.79 Å². The van der Waals surface area contributed by atoms with E-state index in [4.69, 9.17) is 11.5 Å². The van der Waals surface area contributed by atoms with E-state index in [0.717, 1.165) is 44.6 Å². The summed E-state index contributed by atoms with van der Waals surface area (Å²) in [6.07, 6.45) is 3.78. The second kappa shape index (κ2) is 6.57. The fraction of sp³-hybridized carbons (Fsp3) is 0.533. The minimum absolute atomic E-state index is 0.166. The quantitative estimate of drug-likeness (QED) is 0.787. The number of carbonyl (C=O) groups excluding carboxylic acids is 1. The molecule has 19 heavy (non-hydrogen) atoms. The molecule has 1 heterocycles. The Morgan fingerprint density at radius 1 is 1.21 bits per heavy atom. The molecule has 0 radical (unpaired) electrons. The molecule has 2 rings (SSSR count). The molecule has 0 saturated carbocycles. The highest BCUT2D eigenvalue weighted by atomic mass is 16.1. The maximum Gasteiger partial charge on any atom is 0.217 e. The molecule has 1 amide bonds. The minimum Gasteiger partial charge on any atom is -0.399 e. The van der Waals surface area contributed by atoms with Crippen LogP contribution < -0.4 is 11.5 Å². The molecule has 0 spiro atoms. The Labute approximate surface area is 114 Å². The number of primary amides is 1. The zero-order valence-electron chi connectivity index (χ0n) is 11.3. The molecular weight excluding hydrogens is 238 g/mol. The van der Waals surface area contributed by atoms with Crippen molar-refractivity contribution in [1.82, 2.24) is 4.90 Å². The van der Waals surface area contributed by atoms with Crippen LogP contribution in [0.15, 0.2) is 24.3 Å². The van der Waals surface area contributed by atoms with Crippen LogP contribution in [0.3, 0.4) is 0 Å². The molecule has 4 N–H and O–H groups in total. The van der Waals surface area contributed by atoms with Gasteiger partial charge in [0.15, 0.2) is 0 Å². The molecule has 4 nitrogen and oxygen atoms in total. The van der Waals surface area contributed by atoms with Gasteiger partial charge in [-0.05, 0) is 56.0 Å². The largest absolute Gasteiger partial charge is 0.399 e. The van der Waals surface area contributed by atoms with Crippen LogP contribution in [0, 0.1) is 5.92 Å². The summed E-state index contributed by atoms with van der Waals surface area (Å²) >= 11 is 0. The fourth-order valence-corrected chi connectivity index (χ4v) is 2.67. The van der Waals surface area contributed by atoms with Gasteiger partial charge >= 0.3 is 0 Å². The number of benzene rings is 1. The zero-order valence-corrected chi connectivity index (χ0v) is 11.3. The molecule has 1 saturated heterocycles. The van der Waals surface area contributed by atoms with Crippen LogP contribution in [0.4, 0.5) is 5.69 Å². The van der Waals surface area contributed by atoms with Crippen molar-refractivity contribution in [2.45, 2.75) is 25.7 Å². The lowest BCUT2D eigenvalue weighted by Crippen LogP contribution is -2.36. The summed E-state index contributed by atoms with van der Waals surface area (Å²) in [5, 5.41) is 0. The Morgan fingerprint density at radius 3 is 2.42 bits per heavy atom. The second-order valence-corrected chi connectivity index (χ2v) is 5.45. The van der Waals surface area contributed by atoms with Crippen molar-refractivity contribution in [3.63, 3.8) is 0 Å². The molecule has 0 aromatic heterocycles. The number of hydrogen-bond acceptors (Lipinski definition) is 3. The van der Waals surface area contributed by atoms with Gasteiger partial charge in [-0.2, -0.15) is 0 Å². The summed E-state index contributed by atoms with van der Waals surface area (Å²) in [4.78, 5) is 13.4. The fourth-order valence-electron chi connectivity index (χ4n) is 2.67. The number of anilines is 1. The normalized spacial score (nSPS) is 17.5. The van der Waals surface area contributed by atoms with Crippen molar-refractivity contribution < 1.29 is 4.79 Å². The molecule has 1 aliphatic rings. The van der Waals surface area contributed by atoms with Crippen LogP contribution in [0.25, 0.3) is 0 Å². The van der Waals surface area contributed by atoms with Gasteiger partial charge in [0.25, 0.3) is 0 Å². The smallest absolute Gasteiger partial charge is 0.217 e. The molecule has 104 valence electrons. The number of carbonyl (C=O) groups is 1. The number of nitrogens with two attached hydrogens (primary N) is 2. The van der Waals surface area contributed by atoms with Crippen molar-refractivity contribution in [1.29, 1.82) is 0 Å². The maximum atomic E-state index is 10.9. The third kappa shape index (κ3) is 4.56. The third-order valence-corrected chi connectivity index (χ3v) is 3.89. The number of hydrogen-bond donors (Lipinski definition) is 2. The summed E-state index contributed by atoms with van der Waals surface area (Å²) < 4.78 is 0. The Morgan fingerprint density at radius 2 is 1.84 bits per heavy atom. The minimum atomic E-state index is -0.166. The average Bonchev–Trinajstić information content (AvgIpc) is 2.39. The highest BCUT2D eigenvalue weighted by Crippen LogP contribution is 2.20. The molecule has 0 unspecified atom stereocenters. The summed E-state index contributed by atoms with van der Waals surface area (Å²) in [5.41, 5.74) is 13.1. The summed E-state index contributed by atoms with van der Waals surface area (Å²) in [5.74, 6) is 0.325. The summed E-state index contributed by atoms with van der Waals surface area (Å²) in [6, 6.07) is 8.09. The number of nitrogen functional groups attached to an aromatic ring is 1. The molecule has 1 aliphatic heterocycles. The Hall–Kier alpha value is -1.55. The van der Waals surface area contributed by atoms with Crippen molar-refractivity contribution in [2.75, 3.05) is 25.4 Å². The second-order valence-electron chi connectivity index (χ2n) is 5.45. The lowest BCUT2D eigenvalue weighted by Gasteiger charge is -2.31. The highest BCUT2D eigenvalue weighted by Gasteiger charge is 2.20. The van der Waals surface area contributed by atoms with E-state index in [1.54, 1.807) is 0 Å². The van der Waals surface area contributed by atoms with Crippen molar-refractivity contribution in [3.05, 3.63) is 29.8 Å². The first-order chi connectivity index (χ1) is 9.13. The van der Waals surface area contributed by atoms with Crippen molar-refractivity contribution >= 4 is 11.6 Å². The van der Waals surface area contributed by atoms with Crippen molar-refractivity contribution in [2.24, 2.45) is 11.7 Å². The average molecular weight is 261 g/mol. The Balaban J connectivity index is 1.71. The van der Waals surface area contributed by atoms with E-state index in [1.165, 1.54) is 5.56 Å². The van der Waals surface area contributed by atoms with E-state index in [0.29, 0.717) is 12.3 Å². The van der Waals surface area contributed by atoms with Crippen LogP contribution in [-0.2, 0) is 11.2 Å². The number of likely N-dealkylation sites (tertiary alicyclic amines) is 1. The number of nitrogens with zero attached hydrogens (tertiary/aromatic N) is 1. The van der Waals surface area contributed by atoms with Gasteiger partial charge in [0.1, 0.15) is 0 Å². The van der Waals surface area contributed by atoms with Gasteiger partial charge in [0.2, 0.25) is 5.91 Å². The molecule has 0 aliphatic carbocycles. The molecular formula is C15H23N3O. The lowest BCUT2D eigenvalue weighted by atomic mass is 9.93. The van der Waals surface area contributed by atoms with Crippen LogP contribution in [0.1, 0.15) is 24.8 Å². The van der Waals surface area contributed by atoms with Gasteiger partial charge in [-0.1, -0.05) is 12.1 Å². The monoisotopic (exact) mass is 261 g/mol. The first kappa shape index (κ1) is 13.9. The van der Waals surface area contributed by atoms with Gasteiger partial charge in [0, 0.05) is 18.7 Å². The van der Waals surface area contributed by atoms with Crippen molar-refractivity contribution in [3.8, 4) is 0 Å². The molecule has 1 aromatic rings. The zero-order chi connectivity index (χ0) is 13.7. The summed E-state index contributed by atoms with van der Waals surface area (Å²) in [6.45, 7) is 3.23. The van der Waals surface area contributed by atoms with Crippen LogP contribution >= 0.6 is 0 Å². The van der Waals surface area contributed by atoms with E-state index < -0.39 is 0 Å². The number of rotatable bonds is 5. The van der Waals surface area contributed by atoms with Gasteiger partial charge in [-0.25, -0.2) is 0 Å². The number of amides is 1. The maximum absolute atomic E-state index is 10.9. The SMILES string of the molecule is NC(=O)CC1CCN(CCc2ccc(N)cc2)CC1. The van der Waals surface area contributed by atoms with E-state index >= 15 is 0 Å². The molecule has 0 bridgehead atoms. The predicted molar refractivity (Wildman–Crippen MR) is 77.5 cm³/mol. The first-order valence-electron chi connectivity index (χ1n) is 6.98. The van der Waals surface area contributed by atoms with E-state index in [2.05, 4.69) is 17.0 Å².